The minimum Gasteiger partial charge on any atom is -0.342 e. The molecular weight excluding hydrogens is 365 g/mol. The van der Waals surface area contributed by atoms with Crippen molar-refractivity contribution in [3.05, 3.63) is 16.1 Å². The Morgan fingerprint density at radius 3 is 2.75 bits per heavy atom. The Morgan fingerprint density at radius 1 is 1.33 bits per heavy atom. The average Bonchev–Trinajstić information content (AvgIpc) is 3.00. The lowest BCUT2D eigenvalue weighted by molar-refractivity contribution is -0.132. The zero-order valence-corrected chi connectivity index (χ0v) is 16.8. The van der Waals surface area contributed by atoms with E-state index in [0.717, 1.165) is 57.1 Å². The summed E-state index contributed by atoms with van der Waals surface area (Å²) in [4.78, 5) is 19.2. The van der Waals surface area contributed by atoms with Crippen LogP contribution < -0.4 is 5.32 Å². The van der Waals surface area contributed by atoms with Crippen LogP contribution in [0.15, 0.2) is 5.38 Å². The standard InChI is InChI=1S/C17H27N3OS.2ClH/c1-13-12-22-17(19-13)15-3-2-10-20(11-15)16(21)5-4-14-6-8-18-9-7-14;;/h12,14-15,18H,2-11H2,1H3;2*1H. The van der Waals surface area contributed by atoms with E-state index in [0.29, 0.717) is 11.8 Å². The minimum absolute atomic E-state index is 0. The van der Waals surface area contributed by atoms with E-state index in [1.54, 1.807) is 11.3 Å². The summed E-state index contributed by atoms with van der Waals surface area (Å²) in [5, 5.41) is 6.72. The second-order valence-electron chi connectivity index (χ2n) is 6.74. The van der Waals surface area contributed by atoms with Crippen molar-refractivity contribution in [3.8, 4) is 0 Å². The van der Waals surface area contributed by atoms with Crippen molar-refractivity contribution in [2.24, 2.45) is 5.92 Å². The molecule has 3 heterocycles. The van der Waals surface area contributed by atoms with Crippen LogP contribution in [0.5, 0.6) is 0 Å². The van der Waals surface area contributed by atoms with E-state index in [2.05, 4.69) is 20.6 Å². The second kappa shape index (κ2) is 10.6. The molecular formula is C17H29Cl2N3OS. The molecule has 0 spiro atoms. The summed E-state index contributed by atoms with van der Waals surface area (Å²) < 4.78 is 0. The predicted molar refractivity (Wildman–Crippen MR) is 105 cm³/mol. The molecule has 1 amide bonds. The van der Waals surface area contributed by atoms with E-state index >= 15 is 0 Å². The zero-order valence-electron chi connectivity index (χ0n) is 14.3. The van der Waals surface area contributed by atoms with E-state index < -0.39 is 0 Å². The summed E-state index contributed by atoms with van der Waals surface area (Å²) in [7, 11) is 0. The Bertz CT molecular complexity index is 506. The van der Waals surface area contributed by atoms with Crippen LogP contribution in [0.1, 0.15) is 55.1 Å². The number of nitrogens with zero attached hydrogens (tertiary/aromatic N) is 2. The van der Waals surface area contributed by atoms with Gasteiger partial charge in [-0.2, -0.15) is 0 Å². The Labute approximate surface area is 161 Å². The molecule has 0 radical (unpaired) electrons. The molecule has 3 rings (SSSR count). The van der Waals surface area contributed by atoms with Crippen LogP contribution >= 0.6 is 36.2 Å². The van der Waals surface area contributed by atoms with Gasteiger partial charge in [-0.05, 0) is 58.0 Å². The number of likely N-dealkylation sites (tertiary alicyclic amines) is 1. The van der Waals surface area contributed by atoms with Crippen molar-refractivity contribution in [2.45, 2.75) is 51.4 Å². The van der Waals surface area contributed by atoms with Crippen molar-refractivity contribution in [2.75, 3.05) is 26.2 Å². The number of piperidine rings is 2. The molecule has 2 fully saturated rings. The first-order valence-electron chi connectivity index (χ1n) is 8.63. The molecule has 0 bridgehead atoms. The topological polar surface area (TPSA) is 45.2 Å². The van der Waals surface area contributed by atoms with Gasteiger partial charge < -0.3 is 10.2 Å². The van der Waals surface area contributed by atoms with Gasteiger partial charge in [0.2, 0.25) is 5.91 Å². The van der Waals surface area contributed by atoms with E-state index in [1.807, 2.05) is 6.92 Å². The van der Waals surface area contributed by atoms with Gasteiger partial charge in [0.05, 0.1) is 5.01 Å². The highest BCUT2D eigenvalue weighted by atomic mass is 35.5. The van der Waals surface area contributed by atoms with Crippen LogP contribution in [0, 0.1) is 12.8 Å². The maximum atomic E-state index is 12.5. The van der Waals surface area contributed by atoms with Crippen LogP contribution in [-0.2, 0) is 4.79 Å². The Morgan fingerprint density at radius 2 is 2.08 bits per heavy atom. The maximum Gasteiger partial charge on any atom is 0.222 e. The SMILES string of the molecule is Cc1csc(C2CCCN(C(=O)CCC3CCNCC3)C2)n1.Cl.Cl. The number of hydrogen-bond acceptors (Lipinski definition) is 4. The summed E-state index contributed by atoms with van der Waals surface area (Å²) in [6, 6.07) is 0. The van der Waals surface area contributed by atoms with Gasteiger partial charge in [-0.15, -0.1) is 36.2 Å². The number of rotatable bonds is 4. The highest BCUT2D eigenvalue weighted by molar-refractivity contribution is 7.09. The lowest BCUT2D eigenvalue weighted by Crippen LogP contribution is -2.39. The van der Waals surface area contributed by atoms with Gasteiger partial charge in [0.25, 0.3) is 0 Å². The van der Waals surface area contributed by atoms with Crippen LogP contribution in [0.4, 0.5) is 0 Å². The summed E-state index contributed by atoms with van der Waals surface area (Å²) in [5.74, 6) is 1.55. The van der Waals surface area contributed by atoms with Crippen LogP contribution in [0.25, 0.3) is 0 Å². The normalized spacial score (nSPS) is 21.7. The average molecular weight is 394 g/mol. The third-order valence-corrected chi connectivity index (χ3v) is 6.11. The zero-order chi connectivity index (χ0) is 15.4. The molecule has 0 saturated carbocycles. The van der Waals surface area contributed by atoms with Gasteiger partial charge in [0.15, 0.2) is 0 Å². The molecule has 24 heavy (non-hydrogen) atoms. The third-order valence-electron chi connectivity index (χ3n) is 4.99. The molecule has 138 valence electrons. The summed E-state index contributed by atoms with van der Waals surface area (Å²) in [5.41, 5.74) is 1.11. The van der Waals surface area contributed by atoms with Gasteiger partial charge in [0, 0.05) is 36.5 Å². The number of amides is 1. The number of carbonyl (C=O) groups excluding carboxylic acids is 1. The third kappa shape index (κ3) is 5.87. The monoisotopic (exact) mass is 393 g/mol. The summed E-state index contributed by atoms with van der Waals surface area (Å²) in [6.45, 7) is 6.09. The molecule has 4 nitrogen and oxygen atoms in total. The fraction of sp³-hybridized carbons (Fsp3) is 0.765. The van der Waals surface area contributed by atoms with Crippen LogP contribution in [0.3, 0.4) is 0 Å². The number of thiazole rings is 1. The first-order valence-corrected chi connectivity index (χ1v) is 9.51. The van der Waals surface area contributed by atoms with Gasteiger partial charge >= 0.3 is 0 Å². The number of hydrogen-bond donors (Lipinski definition) is 1. The van der Waals surface area contributed by atoms with Crippen molar-refractivity contribution in [1.29, 1.82) is 0 Å². The van der Waals surface area contributed by atoms with Crippen molar-refractivity contribution >= 4 is 42.1 Å². The lowest BCUT2D eigenvalue weighted by atomic mass is 9.92. The smallest absolute Gasteiger partial charge is 0.222 e. The van der Waals surface area contributed by atoms with Crippen molar-refractivity contribution in [1.82, 2.24) is 15.2 Å². The highest BCUT2D eigenvalue weighted by Crippen LogP contribution is 2.30. The van der Waals surface area contributed by atoms with Gasteiger partial charge in [-0.1, -0.05) is 0 Å². The van der Waals surface area contributed by atoms with Gasteiger partial charge in [-0.25, -0.2) is 4.98 Å². The van der Waals surface area contributed by atoms with Crippen molar-refractivity contribution in [3.63, 3.8) is 0 Å². The number of halogens is 2. The molecule has 1 aromatic heterocycles. The molecule has 0 aliphatic carbocycles. The predicted octanol–water partition coefficient (Wildman–Crippen LogP) is 3.78. The molecule has 1 aromatic rings. The minimum atomic E-state index is 0. The molecule has 1 atom stereocenters. The quantitative estimate of drug-likeness (QED) is 0.845. The number of aromatic nitrogens is 1. The molecule has 7 heteroatoms. The second-order valence-corrected chi connectivity index (χ2v) is 7.63. The fourth-order valence-corrected chi connectivity index (χ4v) is 4.55. The highest BCUT2D eigenvalue weighted by Gasteiger charge is 2.26. The first kappa shape index (κ1) is 21.7. The van der Waals surface area contributed by atoms with Crippen LogP contribution in [-0.4, -0.2) is 42.0 Å². The first-order chi connectivity index (χ1) is 10.7. The van der Waals surface area contributed by atoms with E-state index in [4.69, 9.17) is 0 Å². The summed E-state index contributed by atoms with van der Waals surface area (Å²) >= 11 is 1.75. The van der Waals surface area contributed by atoms with E-state index in [1.165, 1.54) is 24.3 Å². The van der Waals surface area contributed by atoms with Crippen molar-refractivity contribution < 1.29 is 4.79 Å². The lowest BCUT2D eigenvalue weighted by Gasteiger charge is -2.32. The number of nitrogens with one attached hydrogen (secondary N) is 1. The Balaban J connectivity index is 0.00000144. The van der Waals surface area contributed by atoms with Crippen LogP contribution in [0.2, 0.25) is 0 Å². The summed E-state index contributed by atoms with van der Waals surface area (Å²) in [6.07, 6.45) is 6.54. The van der Waals surface area contributed by atoms with Gasteiger partial charge in [-0.3, -0.25) is 4.79 Å². The molecule has 1 N–H and O–H groups in total. The molecule has 2 saturated heterocycles. The fourth-order valence-electron chi connectivity index (χ4n) is 3.62. The molecule has 2 aliphatic rings. The molecule has 0 aromatic carbocycles. The Hall–Kier alpha value is -0.360. The maximum absolute atomic E-state index is 12.5. The molecule has 2 aliphatic heterocycles. The van der Waals surface area contributed by atoms with E-state index in [-0.39, 0.29) is 24.8 Å². The van der Waals surface area contributed by atoms with Gasteiger partial charge in [0.1, 0.15) is 0 Å². The Kier molecular flexibility index (Phi) is 9.57. The number of carbonyl (C=O) groups is 1. The number of aryl methyl sites for hydroxylation is 1. The largest absolute Gasteiger partial charge is 0.342 e. The van der Waals surface area contributed by atoms with E-state index in [9.17, 15) is 4.79 Å². The molecule has 1 unspecified atom stereocenters.